The first-order valence-corrected chi connectivity index (χ1v) is 9.50. The summed E-state index contributed by atoms with van der Waals surface area (Å²) in [6.07, 6.45) is 0.0249. The van der Waals surface area contributed by atoms with Crippen molar-refractivity contribution in [3.05, 3.63) is 92.4 Å². The van der Waals surface area contributed by atoms with E-state index in [1.807, 2.05) is 36.2 Å². The van der Waals surface area contributed by atoms with Crippen molar-refractivity contribution in [1.29, 1.82) is 0 Å². The molecular weight excluding hydrogens is 394 g/mol. The van der Waals surface area contributed by atoms with Gasteiger partial charge in [0.05, 0.1) is 11.0 Å². The van der Waals surface area contributed by atoms with E-state index in [0.29, 0.717) is 28.5 Å². The van der Waals surface area contributed by atoms with Crippen molar-refractivity contribution >= 4 is 23.0 Å². The topological polar surface area (TPSA) is 81.1 Å². The second-order valence-corrected chi connectivity index (χ2v) is 7.50. The molecule has 2 aliphatic rings. The Kier molecular flexibility index (Phi) is 4.06. The quantitative estimate of drug-likeness (QED) is 0.427. The monoisotopic (exact) mass is 409 g/mol. The van der Waals surface area contributed by atoms with Crippen LogP contribution < -0.4 is 4.74 Å². The molecule has 5 rings (SSSR count). The van der Waals surface area contributed by atoms with Crippen molar-refractivity contribution in [2.45, 2.75) is 25.6 Å². The number of halogens is 1. The van der Waals surface area contributed by atoms with Crippen LogP contribution in [-0.2, 0) is 0 Å². The zero-order chi connectivity index (χ0) is 20.1. The summed E-state index contributed by atoms with van der Waals surface area (Å²) in [6.45, 7) is 1.89. The minimum absolute atomic E-state index is 0.00890. The van der Waals surface area contributed by atoms with Gasteiger partial charge in [0.2, 0.25) is 6.23 Å². The Morgan fingerprint density at radius 1 is 1.21 bits per heavy atom. The van der Waals surface area contributed by atoms with Gasteiger partial charge >= 0.3 is 0 Å². The van der Waals surface area contributed by atoms with Crippen LogP contribution in [-0.4, -0.2) is 15.6 Å². The number of nitro groups is 1. The Bertz CT molecular complexity index is 1160. The molecule has 146 valence electrons. The molecule has 0 radical (unpaired) electrons. The molecule has 29 heavy (non-hydrogen) atoms. The van der Waals surface area contributed by atoms with E-state index in [1.54, 1.807) is 18.2 Å². The number of aryl methyl sites for hydroxylation is 1. The van der Waals surface area contributed by atoms with Gasteiger partial charge in [-0.05, 0) is 37.3 Å². The third-order valence-electron chi connectivity index (χ3n) is 5.14. The molecule has 3 heterocycles. The number of hydrogen-bond donors (Lipinski definition) is 0. The highest BCUT2D eigenvalue weighted by Gasteiger charge is 2.42. The van der Waals surface area contributed by atoms with Gasteiger partial charge in [-0.3, -0.25) is 10.1 Å². The van der Waals surface area contributed by atoms with Crippen molar-refractivity contribution in [1.82, 2.24) is 5.01 Å². The number of ether oxygens (including phenoxy) is 1. The van der Waals surface area contributed by atoms with Crippen LogP contribution in [0.15, 0.2) is 64.1 Å². The number of fused-ring (bicyclic) bond motifs is 3. The second kappa shape index (κ2) is 6.63. The van der Waals surface area contributed by atoms with Crippen molar-refractivity contribution in [2.75, 3.05) is 0 Å². The molecule has 3 aromatic rings. The molecule has 0 fully saturated rings. The molecule has 2 atom stereocenters. The van der Waals surface area contributed by atoms with Crippen LogP contribution in [0.5, 0.6) is 5.75 Å². The summed E-state index contributed by atoms with van der Waals surface area (Å²) in [4.78, 5) is 10.8. The lowest BCUT2D eigenvalue weighted by molar-refractivity contribution is -0.385. The molecule has 0 bridgehead atoms. The predicted octanol–water partition coefficient (Wildman–Crippen LogP) is 5.39. The van der Waals surface area contributed by atoms with E-state index < -0.39 is 11.2 Å². The lowest BCUT2D eigenvalue weighted by atomic mass is 9.97. The highest BCUT2D eigenvalue weighted by Crippen LogP contribution is 2.48. The maximum atomic E-state index is 11.2. The highest BCUT2D eigenvalue weighted by molar-refractivity contribution is 6.30. The van der Waals surface area contributed by atoms with Gasteiger partial charge in [0, 0.05) is 34.7 Å². The molecule has 0 spiro atoms. The first-order chi connectivity index (χ1) is 14.0. The predicted molar refractivity (Wildman–Crippen MR) is 107 cm³/mol. The molecule has 7 nitrogen and oxygen atoms in total. The third kappa shape index (κ3) is 3.03. The van der Waals surface area contributed by atoms with Crippen molar-refractivity contribution < 1.29 is 14.1 Å². The Balaban J connectivity index is 1.61. The van der Waals surface area contributed by atoms with Crippen molar-refractivity contribution in [3.8, 4) is 5.75 Å². The molecule has 8 heteroatoms. The van der Waals surface area contributed by atoms with Gasteiger partial charge in [0.1, 0.15) is 23.0 Å². The fourth-order valence-corrected chi connectivity index (χ4v) is 3.99. The number of non-ortho nitro benzene ring substituents is 1. The largest absolute Gasteiger partial charge is 0.464 e. The van der Waals surface area contributed by atoms with Crippen molar-refractivity contribution in [3.63, 3.8) is 0 Å². The van der Waals surface area contributed by atoms with Gasteiger partial charge in [-0.1, -0.05) is 23.7 Å². The van der Waals surface area contributed by atoms with Crippen molar-refractivity contribution in [2.24, 2.45) is 5.10 Å². The van der Waals surface area contributed by atoms with Gasteiger partial charge in [0.15, 0.2) is 0 Å². The minimum atomic E-state index is -0.595. The molecule has 0 N–H and O–H groups in total. The van der Waals surface area contributed by atoms with Crippen LogP contribution in [0.2, 0.25) is 5.02 Å². The van der Waals surface area contributed by atoms with E-state index in [0.717, 1.165) is 17.0 Å². The summed E-state index contributed by atoms with van der Waals surface area (Å²) in [5, 5.41) is 18.5. The van der Waals surface area contributed by atoms with E-state index >= 15 is 0 Å². The zero-order valence-electron chi connectivity index (χ0n) is 15.4. The summed E-state index contributed by atoms with van der Waals surface area (Å²) in [7, 11) is 0. The maximum absolute atomic E-state index is 11.2. The van der Waals surface area contributed by atoms with Gasteiger partial charge < -0.3 is 9.15 Å². The van der Waals surface area contributed by atoms with E-state index in [1.165, 1.54) is 12.1 Å². The second-order valence-electron chi connectivity index (χ2n) is 7.06. The number of nitro benzene ring substituents is 1. The van der Waals surface area contributed by atoms with Crippen LogP contribution in [0.3, 0.4) is 0 Å². The molecule has 0 unspecified atom stereocenters. The first-order valence-electron chi connectivity index (χ1n) is 9.13. The summed E-state index contributed by atoms with van der Waals surface area (Å²) >= 11 is 6.23. The van der Waals surface area contributed by atoms with Crippen LogP contribution in [0.25, 0.3) is 0 Å². The van der Waals surface area contributed by atoms with Gasteiger partial charge in [0.25, 0.3) is 5.69 Å². The molecule has 0 saturated carbocycles. The van der Waals surface area contributed by atoms with Crippen LogP contribution >= 0.6 is 11.6 Å². The van der Waals surface area contributed by atoms with E-state index in [-0.39, 0.29) is 11.7 Å². The van der Waals surface area contributed by atoms with Crippen LogP contribution in [0, 0.1) is 17.0 Å². The summed E-state index contributed by atoms with van der Waals surface area (Å²) in [5.41, 5.74) is 2.40. The molecule has 0 aliphatic carbocycles. The number of furan rings is 1. The maximum Gasteiger partial charge on any atom is 0.269 e. The molecule has 2 aliphatic heterocycles. The number of rotatable bonds is 3. The fourth-order valence-electron chi connectivity index (χ4n) is 3.81. The molecular formula is C21H16ClN3O4. The summed E-state index contributed by atoms with van der Waals surface area (Å²) < 4.78 is 12.0. The molecule has 1 aromatic heterocycles. The number of hydrazone groups is 1. The van der Waals surface area contributed by atoms with Gasteiger partial charge in [-0.15, -0.1) is 0 Å². The standard InChI is InChI=1S/C21H16ClN3O4/c1-12-5-7-20(28-12)17-11-18-16-10-14(22)6-8-19(16)29-21(24(18)23-17)13-3-2-4-15(9-13)25(26)27/h2-10,18,21H,11H2,1H3/t18-,21-/m1/s1. The molecule has 0 amide bonds. The smallest absolute Gasteiger partial charge is 0.269 e. The third-order valence-corrected chi connectivity index (χ3v) is 5.38. The minimum Gasteiger partial charge on any atom is -0.464 e. The normalized spacial score (nSPS) is 19.9. The highest BCUT2D eigenvalue weighted by atomic mass is 35.5. The van der Waals surface area contributed by atoms with E-state index in [4.69, 9.17) is 25.9 Å². The SMILES string of the molecule is Cc1ccc(C2=NN3[C@H](C2)c2cc(Cl)ccc2O[C@@H]3c2cccc([N+](=O)[O-])c2)o1. The number of nitrogens with zero attached hydrogens (tertiary/aromatic N) is 3. The fraction of sp³-hybridized carbons (Fsp3) is 0.190. The Hall–Kier alpha value is -3.32. The molecule has 2 aromatic carbocycles. The Labute approximate surface area is 171 Å². The average molecular weight is 410 g/mol. The lowest BCUT2D eigenvalue weighted by Crippen LogP contribution is -2.33. The van der Waals surface area contributed by atoms with Crippen LogP contribution in [0.4, 0.5) is 5.69 Å². The van der Waals surface area contributed by atoms with Gasteiger partial charge in [-0.2, -0.15) is 5.10 Å². The Morgan fingerprint density at radius 2 is 2.07 bits per heavy atom. The number of hydrogen-bond acceptors (Lipinski definition) is 6. The van der Waals surface area contributed by atoms with Crippen LogP contribution in [0.1, 0.15) is 41.3 Å². The van der Waals surface area contributed by atoms with Gasteiger partial charge in [-0.25, -0.2) is 5.01 Å². The first kappa shape index (κ1) is 17.8. The van der Waals surface area contributed by atoms with E-state index in [9.17, 15) is 10.1 Å². The molecule has 0 saturated heterocycles. The van der Waals surface area contributed by atoms with E-state index in [2.05, 4.69) is 0 Å². The summed E-state index contributed by atoms with van der Waals surface area (Å²) in [6, 6.07) is 15.6. The Morgan fingerprint density at radius 3 is 2.83 bits per heavy atom. The zero-order valence-corrected chi connectivity index (χ0v) is 16.2. The number of benzene rings is 2. The summed E-state index contributed by atoms with van der Waals surface area (Å²) in [5.74, 6) is 2.21. The average Bonchev–Trinajstić information content (AvgIpc) is 3.34. The lowest BCUT2D eigenvalue weighted by Gasteiger charge is -2.38.